The van der Waals surface area contributed by atoms with Crippen LogP contribution in [0.25, 0.3) is 0 Å². The fourth-order valence-corrected chi connectivity index (χ4v) is 4.93. The number of Topliss-reactive ketones (excluding diaryl/α,β-unsaturated/α-hetero) is 1. The number of hydrogen-bond acceptors (Lipinski definition) is 4. The van der Waals surface area contributed by atoms with Gasteiger partial charge in [-0.15, -0.1) is 0 Å². The van der Waals surface area contributed by atoms with Gasteiger partial charge in [0.1, 0.15) is 5.78 Å². The Morgan fingerprint density at radius 2 is 1.58 bits per heavy atom. The summed E-state index contributed by atoms with van der Waals surface area (Å²) < 4.78 is 0. The minimum absolute atomic E-state index is 0.00598. The van der Waals surface area contributed by atoms with E-state index >= 15 is 0 Å². The molecule has 0 spiro atoms. The molecule has 1 atom stereocenters. The molecule has 2 saturated heterocycles. The normalized spacial score (nSPS) is 23.8. The number of carbonyl (C=O) groups excluding carboxylic acids is 3. The van der Waals surface area contributed by atoms with E-state index in [4.69, 9.17) is 0 Å². The van der Waals surface area contributed by atoms with Crippen LogP contribution in [0.4, 0.5) is 0 Å². The van der Waals surface area contributed by atoms with Crippen LogP contribution in [-0.4, -0.2) is 66.2 Å². The maximum absolute atomic E-state index is 12.9. The molecular weight excluding hydrogens is 390 g/mol. The van der Waals surface area contributed by atoms with E-state index in [9.17, 15) is 14.4 Å². The van der Waals surface area contributed by atoms with Crippen LogP contribution in [0.3, 0.4) is 0 Å². The van der Waals surface area contributed by atoms with Crippen molar-refractivity contribution in [3.8, 4) is 0 Å². The molecule has 0 unspecified atom stereocenters. The largest absolute Gasteiger partial charge is 0.356 e. The molecule has 178 valence electrons. The maximum atomic E-state index is 12.9. The summed E-state index contributed by atoms with van der Waals surface area (Å²) in [6, 6.07) is 0.402. The van der Waals surface area contributed by atoms with Crippen molar-refractivity contribution in [2.45, 2.75) is 109 Å². The molecule has 2 aliphatic heterocycles. The van der Waals surface area contributed by atoms with Gasteiger partial charge in [-0.2, -0.15) is 0 Å². The van der Waals surface area contributed by atoms with Gasteiger partial charge in [0, 0.05) is 58.4 Å². The minimum Gasteiger partial charge on any atom is -0.356 e. The zero-order valence-electron chi connectivity index (χ0n) is 19.8. The van der Waals surface area contributed by atoms with Crippen LogP contribution >= 0.6 is 0 Å². The van der Waals surface area contributed by atoms with Gasteiger partial charge in [-0.05, 0) is 51.5 Å². The number of nitrogens with one attached hydrogen (secondary N) is 1. The molecule has 31 heavy (non-hydrogen) atoms. The number of piperidine rings is 1. The lowest BCUT2D eigenvalue weighted by Crippen LogP contribution is -2.42. The van der Waals surface area contributed by atoms with Gasteiger partial charge in [0.25, 0.3) is 0 Å². The maximum Gasteiger partial charge on any atom is 0.222 e. The Morgan fingerprint density at radius 1 is 0.871 bits per heavy atom. The lowest BCUT2D eigenvalue weighted by atomic mass is 9.95. The summed E-state index contributed by atoms with van der Waals surface area (Å²) in [4.78, 5) is 40.9. The Hall–Kier alpha value is -1.43. The molecule has 2 rings (SSSR count). The molecule has 0 aromatic heterocycles. The van der Waals surface area contributed by atoms with Gasteiger partial charge in [-0.1, -0.05) is 32.1 Å². The molecule has 2 fully saturated rings. The van der Waals surface area contributed by atoms with Crippen molar-refractivity contribution >= 4 is 17.6 Å². The third-order valence-corrected chi connectivity index (χ3v) is 6.76. The van der Waals surface area contributed by atoms with E-state index in [-0.39, 0.29) is 11.8 Å². The molecule has 2 heterocycles. The van der Waals surface area contributed by atoms with Crippen LogP contribution in [0, 0.1) is 0 Å². The molecule has 6 nitrogen and oxygen atoms in total. The van der Waals surface area contributed by atoms with Crippen LogP contribution in [0.15, 0.2) is 0 Å². The predicted molar refractivity (Wildman–Crippen MR) is 125 cm³/mol. The van der Waals surface area contributed by atoms with Crippen molar-refractivity contribution in [3.63, 3.8) is 0 Å². The van der Waals surface area contributed by atoms with Gasteiger partial charge in [0.15, 0.2) is 0 Å². The molecule has 0 radical (unpaired) electrons. The molecule has 2 aliphatic rings. The van der Waals surface area contributed by atoms with E-state index in [1.807, 2.05) is 0 Å². The zero-order valence-corrected chi connectivity index (χ0v) is 19.8. The summed E-state index contributed by atoms with van der Waals surface area (Å²) in [5.74, 6) is 0.734. The van der Waals surface area contributed by atoms with Crippen molar-refractivity contribution < 1.29 is 14.4 Å². The first-order chi connectivity index (χ1) is 15.1. The molecule has 1 N–H and O–H groups in total. The third kappa shape index (κ3) is 11.1. The van der Waals surface area contributed by atoms with Crippen molar-refractivity contribution in [1.29, 1.82) is 0 Å². The summed E-state index contributed by atoms with van der Waals surface area (Å²) >= 11 is 0. The lowest BCUT2D eigenvalue weighted by molar-refractivity contribution is -0.131. The number of carbonyl (C=O) groups is 3. The fourth-order valence-electron chi connectivity index (χ4n) is 4.93. The lowest BCUT2D eigenvalue weighted by Gasteiger charge is -2.36. The van der Waals surface area contributed by atoms with Crippen LogP contribution in [0.5, 0.6) is 0 Å². The van der Waals surface area contributed by atoms with E-state index in [1.54, 1.807) is 0 Å². The third-order valence-electron chi connectivity index (χ3n) is 6.76. The Balaban J connectivity index is 1.89. The molecule has 0 aromatic carbocycles. The fraction of sp³-hybridized carbons (Fsp3) is 0.880. The number of fused-ring (bicyclic) bond motifs is 1. The first-order valence-corrected chi connectivity index (χ1v) is 12.8. The molecule has 0 saturated carbocycles. The highest BCUT2D eigenvalue weighted by Gasteiger charge is 2.24. The highest BCUT2D eigenvalue weighted by molar-refractivity contribution is 5.79. The first kappa shape index (κ1) is 25.8. The van der Waals surface area contributed by atoms with Gasteiger partial charge < -0.3 is 10.2 Å². The van der Waals surface area contributed by atoms with Crippen molar-refractivity contribution in [3.05, 3.63) is 0 Å². The van der Waals surface area contributed by atoms with Crippen molar-refractivity contribution in [1.82, 2.24) is 15.1 Å². The number of unbranched alkanes of at least 4 members (excludes halogenated alkanes) is 1. The highest BCUT2D eigenvalue weighted by Crippen LogP contribution is 2.22. The molecular formula is C25H45N3O3. The van der Waals surface area contributed by atoms with E-state index in [1.165, 1.54) is 26.2 Å². The van der Waals surface area contributed by atoms with Gasteiger partial charge >= 0.3 is 0 Å². The number of ketones is 1. The van der Waals surface area contributed by atoms with Gasteiger partial charge in [0.05, 0.1) is 0 Å². The number of amides is 2. The van der Waals surface area contributed by atoms with Crippen LogP contribution < -0.4 is 5.32 Å². The topological polar surface area (TPSA) is 69.7 Å². The SMILES string of the molecule is CC(=O)NCCCCN1CCCN2CCCC[C@H]2CC(=O)CCCCCCCCC1=O. The van der Waals surface area contributed by atoms with Gasteiger partial charge in [-0.3, -0.25) is 19.3 Å². The molecule has 0 aliphatic carbocycles. The summed E-state index contributed by atoms with van der Waals surface area (Å²) in [5, 5.41) is 2.84. The second kappa shape index (κ2) is 15.4. The molecule has 0 bridgehead atoms. The second-order valence-electron chi connectivity index (χ2n) is 9.47. The van der Waals surface area contributed by atoms with Crippen LogP contribution in [0.2, 0.25) is 0 Å². The summed E-state index contributed by atoms with van der Waals surface area (Å²) in [6.45, 7) is 5.87. The van der Waals surface area contributed by atoms with E-state index in [2.05, 4.69) is 15.1 Å². The average molecular weight is 436 g/mol. The smallest absolute Gasteiger partial charge is 0.222 e. The molecule has 2 amide bonds. The van der Waals surface area contributed by atoms with Gasteiger partial charge in [-0.25, -0.2) is 0 Å². The number of nitrogens with zero attached hydrogens (tertiary/aromatic N) is 2. The van der Waals surface area contributed by atoms with Crippen LogP contribution in [0.1, 0.15) is 103 Å². The Bertz CT molecular complexity index is 552. The number of hydrogen-bond donors (Lipinski definition) is 1. The minimum atomic E-state index is 0.00598. The van der Waals surface area contributed by atoms with Crippen molar-refractivity contribution in [2.24, 2.45) is 0 Å². The molecule has 0 aromatic rings. The average Bonchev–Trinajstić information content (AvgIpc) is 2.74. The van der Waals surface area contributed by atoms with Crippen molar-refractivity contribution in [2.75, 3.05) is 32.7 Å². The Morgan fingerprint density at radius 3 is 2.35 bits per heavy atom. The zero-order chi connectivity index (χ0) is 22.3. The van der Waals surface area contributed by atoms with E-state index < -0.39 is 0 Å². The molecule has 6 heteroatoms. The Kier molecular flexibility index (Phi) is 12.8. The summed E-state index contributed by atoms with van der Waals surface area (Å²) in [7, 11) is 0. The standard InChI is InChI=1S/C25H45N3O3/c1-22(29)26-16-9-11-18-28-20-12-19-27-17-10-8-13-23(27)21-24(30)14-6-4-2-3-5-7-15-25(28)31/h23H,2-21H2,1H3,(H,26,29)/t23-/m0/s1. The second-order valence-corrected chi connectivity index (χ2v) is 9.47. The van der Waals surface area contributed by atoms with Crippen LogP contribution in [-0.2, 0) is 14.4 Å². The first-order valence-electron chi connectivity index (χ1n) is 12.8. The Labute approximate surface area is 189 Å². The predicted octanol–water partition coefficient (Wildman–Crippen LogP) is 4.07. The number of rotatable bonds is 5. The summed E-state index contributed by atoms with van der Waals surface area (Å²) in [5.41, 5.74) is 0. The van der Waals surface area contributed by atoms with E-state index in [0.717, 1.165) is 90.4 Å². The van der Waals surface area contributed by atoms with Gasteiger partial charge in [0.2, 0.25) is 11.8 Å². The quantitative estimate of drug-likeness (QED) is 0.661. The monoisotopic (exact) mass is 435 g/mol. The van der Waals surface area contributed by atoms with E-state index in [0.29, 0.717) is 31.2 Å². The summed E-state index contributed by atoms with van der Waals surface area (Å²) in [6.07, 6.45) is 15.1. The highest BCUT2D eigenvalue weighted by atomic mass is 16.2.